The van der Waals surface area contributed by atoms with Crippen LogP contribution >= 0.6 is 0 Å². The summed E-state index contributed by atoms with van der Waals surface area (Å²) in [5.74, 6) is -0.0576. The summed E-state index contributed by atoms with van der Waals surface area (Å²) in [5, 5.41) is 20.5. The lowest BCUT2D eigenvalue weighted by molar-refractivity contribution is -0.135. The Morgan fingerprint density at radius 1 is 0.898 bits per heavy atom. The number of para-hydroxylation sites is 1. The predicted octanol–water partition coefficient (Wildman–Crippen LogP) is 5.95. The summed E-state index contributed by atoms with van der Waals surface area (Å²) in [6, 6.07) is 14.2. The Balaban J connectivity index is 0.791. The molecule has 1 atom stereocenters. The lowest BCUT2D eigenvalue weighted by Gasteiger charge is -2.27. The second kappa shape index (κ2) is 20.4. The van der Waals surface area contributed by atoms with Crippen molar-refractivity contribution in [2.24, 2.45) is 7.05 Å². The quantitative estimate of drug-likeness (QED) is 0.0514. The van der Waals surface area contributed by atoms with Crippen LogP contribution in [0, 0.1) is 0 Å². The van der Waals surface area contributed by atoms with Crippen molar-refractivity contribution in [2.75, 3.05) is 44.8 Å². The van der Waals surface area contributed by atoms with Gasteiger partial charge in [-0.15, -0.1) is 0 Å². The molecule has 14 nitrogen and oxygen atoms in total. The van der Waals surface area contributed by atoms with E-state index >= 15 is 0 Å². The molecule has 4 heterocycles. The first-order valence-electron chi connectivity index (χ1n) is 21.6. The second-order valence-corrected chi connectivity index (χ2v) is 16.0. The van der Waals surface area contributed by atoms with Gasteiger partial charge in [-0.05, 0) is 93.5 Å². The molecule has 7 rings (SSSR count). The van der Waals surface area contributed by atoms with E-state index in [9.17, 15) is 19.5 Å². The normalized spacial score (nSPS) is 18.5. The van der Waals surface area contributed by atoms with Crippen molar-refractivity contribution in [2.45, 2.75) is 109 Å². The molecular weight excluding hydrogens is 749 g/mol. The zero-order valence-corrected chi connectivity index (χ0v) is 34.6. The number of imidazole rings is 1. The molecule has 5 aromatic rings. The number of carbonyl (C=O) groups excluding carboxylic acids is 2. The first-order chi connectivity index (χ1) is 28.8. The fraction of sp³-hybridized carbons (Fsp3) is 0.533. The molecular formula is C45H60N8O6. The van der Waals surface area contributed by atoms with E-state index in [0.29, 0.717) is 50.4 Å². The lowest BCUT2D eigenvalue weighted by atomic mass is 9.93. The van der Waals surface area contributed by atoms with Gasteiger partial charge >= 0.3 is 5.69 Å². The molecule has 2 aromatic carbocycles. The van der Waals surface area contributed by atoms with Crippen LogP contribution in [0.25, 0.3) is 33.2 Å². The Morgan fingerprint density at radius 2 is 1.66 bits per heavy atom. The van der Waals surface area contributed by atoms with Gasteiger partial charge in [0.25, 0.3) is 0 Å². The number of hydrogen-bond acceptors (Lipinski definition) is 10. The summed E-state index contributed by atoms with van der Waals surface area (Å²) in [6.45, 7) is 7.25. The Hall–Kier alpha value is -4.89. The molecule has 2 amide bonds. The van der Waals surface area contributed by atoms with Gasteiger partial charge in [-0.3, -0.25) is 24.0 Å². The van der Waals surface area contributed by atoms with Crippen LogP contribution in [0.4, 0.5) is 5.95 Å². The lowest BCUT2D eigenvalue weighted by Crippen LogP contribution is -2.44. The number of aliphatic hydroxyl groups excluding tert-OH is 1. The molecule has 1 aliphatic carbocycles. The molecule has 2 aliphatic rings. The molecule has 1 unspecified atom stereocenters. The number of rotatable bonds is 21. The summed E-state index contributed by atoms with van der Waals surface area (Å²) in [7, 11) is 1.73. The number of imide groups is 1. The van der Waals surface area contributed by atoms with Crippen LogP contribution in [0.1, 0.15) is 101 Å². The van der Waals surface area contributed by atoms with Crippen molar-refractivity contribution in [1.82, 2.24) is 34.3 Å². The smallest absolute Gasteiger partial charge is 0.329 e. The molecule has 2 fully saturated rings. The minimum Gasteiger partial charge on any atom is -0.393 e. The van der Waals surface area contributed by atoms with E-state index in [-0.39, 0.29) is 24.1 Å². The largest absolute Gasteiger partial charge is 0.393 e. The Bertz CT molecular complexity index is 2240. The van der Waals surface area contributed by atoms with Gasteiger partial charge in [0.15, 0.2) is 0 Å². The molecule has 0 bridgehead atoms. The highest BCUT2D eigenvalue weighted by Crippen LogP contribution is 2.37. The molecule has 316 valence electrons. The molecule has 0 radical (unpaired) electrons. The van der Waals surface area contributed by atoms with Gasteiger partial charge in [0.2, 0.25) is 17.8 Å². The molecule has 0 spiro atoms. The van der Waals surface area contributed by atoms with Crippen molar-refractivity contribution in [3.05, 3.63) is 76.5 Å². The molecule has 1 saturated heterocycles. The van der Waals surface area contributed by atoms with Gasteiger partial charge in [-0.25, -0.2) is 9.78 Å². The van der Waals surface area contributed by atoms with Crippen molar-refractivity contribution < 1.29 is 24.2 Å². The maximum atomic E-state index is 13.2. The van der Waals surface area contributed by atoms with E-state index in [2.05, 4.69) is 62.9 Å². The van der Waals surface area contributed by atoms with Crippen LogP contribution in [0.2, 0.25) is 0 Å². The van der Waals surface area contributed by atoms with E-state index < -0.39 is 11.9 Å². The summed E-state index contributed by atoms with van der Waals surface area (Å²) < 4.78 is 17.2. The summed E-state index contributed by atoms with van der Waals surface area (Å²) in [5.41, 5.74) is 6.76. The number of amides is 2. The van der Waals surface area contributed by atoms with E-state index in [4.69, 9.17) is 14.5 Å². The second-order valence-electron chi connectivity index (χ2n) is 16.0. The van der Waals surface area contributed by atoms with Crippen LogP contribution < -0.4 is 21.6 Å². The molecule has 1 saturated carbocycles. The zero-order chi connectivity index (χ0) is 41.1. The van der Waals surface area contributed by atoms with Crippen LogP contribution in [-0.4, -0.2) is 86.2 Å². The zero-order valence-electron chi connectivity index (χ0n) is 34.6. The standard InChI is InChI=1S/C45H60N8O6/c1-3-4-23-47-44-48-29-36-37(30-52(42(36)50-44)34-16-18-35(54)19-17-34)32-14-12-31(13-15-32)28-46-22-7-25-59-27-8-26-58-24-6-10-33-9-5-11-38-41(33)51(2)45(57)53(38)39-20-21-40(55)49-43(39)56/h5,9,11-15,29-30,34-35,39,46,54H,3-4,6-8,10,16-28H2,1-2H3,(H,47,48,50)(H,49,55,56). The van der Waals surface area contributed by atoms with Crippen molar-refractivity contribution >= 4 is 39.8 Å². The minimum atomic E-state index is -0.690. The van der Waals surface area contributed by atoms with Crippen LogP contribution in [0.3, 0.4) is 0 Å². The number of benzene rings is 2. The third-order valence-electron chi connectivity index (χ3n) is 11.7. The van der Waals surface area contributed by atoms with Crippen LogP contribution in [0.5, 0.6) is 0 Å². The number of carbonyl (C=O) groups is 2. The third kappa shape index (κ3) is 10.3. The van der Waals surface area contributed by atoms with Crippen LogP contribution in [-0.2, 0) is 39.1 Å². The Kier molecular flexibility index (Phi) is 14.6. The fourth-order valence-corrected chi connectivity index (χ4v) is 8.45. The number of nitrogens with one attached hydrogen (secondary N) is 3. The molecule has 1 aliphatic heterocycles. The van der Waals surface area contributed by atoms with Gasteiger partial charge < -0.3 is 29.8 Å². The number of piperidine rings is 1. The number of aromatic nitrogens is 5. The van der Waals surface area contributed by atoms with E-state index in [1.807, 2.05) is 24.4 Å². The van der Waals surface area contributed by atoms with Crippen molar-refractivity contribution in [1.29, 1.82) is 0 Å². The minimum absolute atomic E-state index is 0.205. The van der Waals surface area contributed by atoms with Gasteiger partial charge in [-0.2, -0.15) is 4.98 Å². The molecule has 3 aromatic heterocycles. The van der Waals surface area contributed by atoms with Crippen molar-refractivity contribution in [3.63, 3.8) is 0 Å². The highest BCUT2D eigenvalue weighted by atomic mass is 16.5. The molecule has 14 heteroatoms. The van der Waals surface area contributed by atoms with E-state index in [1.165, 1.54) is 10.1 Å². The number of aryl methyl sites for hydroxylation is 2. The maximum Gasteiger partial charge on any atom is 0.329 e. The predicted molar refractivity (Wildman–Crippen MR) is 229 cm³/mol. The van der Waals surface area contributed by atoms with E-state index in [0.717, 1.165) is 117 Å². The Morgan fingerprint density at radius 3 is 2.42 bits per heavy atom. The van der Waals surface area contributed by atoms with Gasteiger partial charge in [0.05, 0.1) is 17.1 Å². The number of unbranched alkanes of at least 4 members (excludes halogenated alkanes) is 1. The van der Waals surface area contributed by atoms with Gasteiger partial charge in [0.1, 0.15) is 11.7 Å². The van der Waals surface area contributed by atoms with Gasteiger partial charge in [-0.1, -0.05) is 49.7 Å². The molecule has 59 heavy (non-hydrogen) atoms. The Labute approximate surface area is 345 Å². The number of aliphatic hydroxyl groups is 1. The summed E-state index contributed by atoms with van der Waals surface area (Å²) in [4.78, 5) is 47.0. The van der Waals surface area contributed by atoms with E-state index in [1.54, 1.807) is 11.6 Å². The highest BCUT2D eigenvalue weighted by Gasteiger charge is 2.31. The first-order valence-corrected chi connectivity index (χ1v) is 21.6. The van der Waals surface area contributed by atoms with Crippen molar-refractivity contribution in [3.8, 4) is 11.1 Å². The number of nitrogens with zero attached hydrogens (tertiary/aromatic N) is 5. The first kappa shape index (κ1) is 42.2. The summed E-state index contributed by atoms with van der Waals surface area (Å²) >= 11 is 0. The number of anilines is 1. The van der Waals surface area contributed by atoms with Crippen LogP contribution in [0.15, 0.2) is 59.7 Å². The highest BCUT2D eigenvalue weighted by molar-refractivity contribution is 6.00. The fourth-order valence-electron chi connectivity index (χ4n) is 8.45. The number of hydrogen-bond donors (Lipinski definition) is 4. The van der Waals surface area contributed by atoms with Gasteiger partial charge in [0, 0.05) is 82.4 Å². The topological polar surface area (TPSA) is 167 Å². The average molecular weight is 809 g/mol. The monoisotopic (exact) mass is 808 g/mol. The number of ether oxygens (including phenoxy) is 2. The number of fused-ring (bicyclic) bond motifs is 2. The summed E-state index contributed by atoms with van der Waals surface area (Å²) in [6.07, 6.45) is 13.5. The SMILES string of the molecule is CCCCNc1ncc2c(-c3ccc(CNCCCOCCCOCCCc4cccc5c4n(C)c(=O)n5C4CCC(=O)NC4=O)cc3)cn(C3CCC(O)CC3)c2n1. The average Bonchev–Trinajstić information content (AvgIpc) is 3.74. The molecule has 4 N–H and O–H groups in total. The maximum absolute atomic E-state index is 13.2. The third-order valence-corrected chi connectivity index (χ3v) is 11.7.